The van der Waals surface area contributed by atoms with Crippen LogP contribution in [0.1, 0.15) is 6.42 Å². The van der Waals surface area contributed by atoms with Crippen LogP contribution in [0.4, 0.5) is 0 Å². The summed E-state index contributed by atoms with van der Waals surface area (Å²) in [5, 5.41) is 12.7. The normalized spacial score (nSPS) is 18.6. The van der Waals surface area contributed by atoms with Gasteiger partial charge in [-0.1, -0.05) is 0 Å². The van der Waals surface area contributed by atoms with Gasteiger partial charge in [0.1, 0.15) is 0 Å². The maximum absolute atomic E-state index is 10.3. The van der Waals surface area contributed by atoms with Gasteiger partial charge in [0.25, 0.3) is 0 Å². The van der Waals surface area contributed by atoms with Gasteiger partial charge in [0.05, 0.1) is 24.8 Å². The number of carboxylic acid groups (broad SMARTS) is 1. The van der Waals surface area contributed by atoms with Gasteiger partial charge in [-0.2, -0.15) is 0 Å². The van der Waals surface area contributed by atoms with Crippen molar-refractivity contribution in [1.82, 2.24) is 9.91 Å². The molecule has 1 heterocycles. The molecule has 1 rings (SSSR count). The average molecular weight is 187 g/mol. The van der Waals surface area contributed by atoms with E-state index >= 15 is 0 Å². The highest BCUT2D eigenvalue weighted by molar-refractivity contribution is 5.66. The van der Waals surface area contributed by atoms with E-state index in [4.69, 9.17) is 5.11 Å². The van der Waals surface area contributed by atoms with Crippen LogP contribution in [0.15, 0.2) is 5.29 Å². The molecule has 0 aromatic carbocycles. The first-order valence-electron chi connectivity index (χ1n) is 4.24. The van der Waals surface area contributed by atoms with E-state index in [0.29, 0.717) is 19.6 Å². The van der Waals surface area contributed by atoms with Crippen molar-refractivity contribution < 1.29 is 9.90 Å². The van der Waals surface area contributed by atoms with Crippen molar-refractivity contribution in [1.29, 1.82) is 0 Å². The predicted octanol–water partition coefficient (Wildman–Crippen LogP) is -0.240. The summed E-state index contributed by atoms with van der Waals surface area (Å²) in [4.78, 5) is 22.4. The number of nitrogens with zero attached hydrogens (tertiary/aromatic N) is 3. The molecule has 1 aliphatic rings. The molecule has 0 aliphatic carbocycles. The fourth-order valence-corrected chi connectivity index (χ4v) is 1.30. The Bertz CT molecular complexity index is 189. The number of carbonyl (C=O) groups is 1. The van der Waals surface area contributed by atoms with Gasteiger partial charge in [-0.25, -0.2) is 0 Å². The number of carboxylic acids is 1. The number of hydrogen-bond acceptors (Lipinski definition) is 4. The average Bonchev–Trinajstić information content (AvgIpc) is 2.15. The Morgan fingerprint density at radius 3 is 2.38 bits per heavy atom. The van der Waals surface area contributed by atoms with E-state index in [1.165, 1.54) is 5.01 Å². The smallest absolute Gasteiger partial charge is 0.304 e. The molecular formula is C7H13N3O3. The van der Waals surface area contributed by atoms with Crippen LogP contribution in [0.3, 0.4) is 0 Å². The molecule has 0 spiro atoms. The Labute approximate surface area is 76.1 Å². The molecule has 13 heavy (non-hydrogen) atoms. The quantitative estimate of drug-likeness (QED) is 0.615. The number of aliphatic carboxylic acids is 1. The van der Waals surface area contributed by atoms with Crippen molar-refractivity contribution in [2.75, 3.05) is 32.7 Å². The van der Waals surface area contributed by atoms with Crippen LogP contribution >= 0.6 is 0 Å². The van der Waals surface area contributed by atoms with Gasteiger partial charge < -0.3 is 5.11 Å². The molecule has 1 N–H and O–H groups in total. The van der Waals surface area contributed by atoms with E-state index in [1.807, 2.05) is 4.90 Å². The highest BCUT2D eigenvalue weighted by atomic mass is 16.4. The largest absolute Gasteiger partial charge is 0.481 e. The number of rotatable bonds is 4. The minimum Gasteiger partial charge on any atom is -0.481 e. The Kier molecular flexibility index (Phi) is 3.63. The number of piperazine rings is 1. The van der Waals surface area contributed by atoms with E-state index in [1.54, 1.807) is 0 Å². The highest BCUT2D eigenvalue weighted by Gasteiger charge is 2.16. The molecule has 1 saturated heterocycles. The van der Waals surface area contributed by atoms with Crippen LogP contribution in [-0.4, -0.2) is 53.7 Å². The van der Waals surface area contributed by atoms with Crippen LogP contribution in [-0.2, 0) is 4.79 Å². The van der Waals surface area contributed by atoms with E-state index in [0.717, 1.165) is 13.1 Å². The van der Waals surface area contributed by atoms with Crippen LogP contribution in [0.2, 0.25) is 0 Å². The van der Waals surface area contributed by atoms with Crippen LogP contribution < -0.4 is 0 Å². The standard InChI is InChI=1S/C7H13N3O3/c11-7(12)1-2-9-3-5-10(8-13)6-4-9/h1-6H2,(H,11,12). The summed E-state index contributed by atoms with van der Waals surface area (Å²) in [7, 11) is 0. The second kappa shape index (κ2) is 4.76. The molecule has 0 radical (unpaired) electrons. The third-order valence-corrected chi connectivity index (χ3v) is 2.11. The van der Waals surface area contributed by atoms with Crippen LogP contribution in [0.5, 0.6) is 0 Å². The molecule has 74 valence electrons. The second-order valence-corrected chi connectivity index (χ2v) is 3.02. The molecular weight excluding hydrogens is 174 g/mol. The lowest BCUT2D eigenvalue weighted by molar-refractivity contribution is -0.137. The summed E-state index contributed by atoms with van der Waals surface area (Å²) >= 11 is 0. The minimum atomic E-state index is -0.782. The van der Waals surface area contributed by atoms with Gasteiger partial charge in [-0.3, -0.25) is 14.7 Å². The molecule has 0 aromatic heterocycles. The van der Waals surface area contributed by atoms with Crippen molar-refractivity contribution in [3.63, 3.8) is 0 Å². The van der Waals surface area contributed by atoms with E-state index in [9.17, 15) is 9.70 Å². The Balaban J connectivity index is 2.17. The lowest BCUT2D eigenvalue weighted by Gasteiger charge is -2.30. The summed E-state index contributed by atoms with van der Waals surface area (Å²) in [5.74, 6) is -0.782. The van der Waals surface area contributed by atoms with E-state index in [-0.39, 0.29) is 6.42 Å². The first-order valence-corrected chi connectivity index (χ1v) is 4.24. The first-order chi connectivity index (χ1) is 6.22. The third-order valence-electron chi connectivity index (χ3n) is 2.11. The van der Waals surface area contributed by atoms with Gasteiger partial charge in [-0.05, 0) is 0 Å². The third kappa shape index (κ3) is 3.37. The van der Waals surface area contributed by atoms with Crippen molar-refractivity contribution in [3.8, 4) is 0 Å². The van der Waals surface area contributed by atoms with Gasteiger partial charge >= 0.3 is 5.97 Å². The summed E-state index contributed by atoms with van der Waals surface area (Å²) in [6.07, 6.45) is 0.161. The van der Waals surface area contributed by atoms with Gasteiger partial charge in [0, 0.05) is 19.6 Å². The molecule has 0 atom stereocenters. The Morgan fingerprint density at radius 1 is 1.31 bits per heavy atom. The summed E-state index contributed by atoms with van der Waals surface area (Å²) in [6.45, 7) is 3.20. The maximum atomic E-state index is 10.3. The van der Waals surface area contributed by atoms with E-state index < -0.39 is 5.97 Å². The molecule has 1 aliphatic heterocycles. The molecule has 0 saturated carbocycles. The topological polar surface area (TPSA) is 73.2 Å². The van der Waals surface area contributed by atoms with Crippen molar-refractivity contribution in [2.24, 2.45) is 5.29 Å². The van der Waals surface area contributed by atoms with Gasteiger partial charge in [0.2, 0.25) is 0 Å². The Morgan fingerprint density at radius 2 is 1.92 bits per heavy atom. The zero-order valence-electron chi connectivity index (χ0n) is 7.35. The monoisotopic (exact) mass is 187 g/mol. The SMILES string of the molecule is O=NN1CCN(CCC(=O)O)CC1. The lowest BCUT2D eigenvalue weighted by Crippen LogP contribution is -2.44. The van der Waals surface area contributed by atoms with Crippen molar-refractivity contribution >= 4 is 5.97 Å². The molecule has 6 nitrogen and oxygen atoms in total. The maximum Gasteiger partial charge on any atom is 0.304 e. The fraction of sp³-hybridized carbons (Fsp3) is 0.857. The zero-order valence-corrected chi connectivity index (χ0v) is 7.35. The molecule has 0 aromatic rings. The zero-order chi connectivity index (χ0) is 9.68. The van der Waals surface area contributed by atoms with Crippen molar-refractivity contribution in [2.45, 2.75) is 6.42 Å². The highest BCUT2D eigenvalue weighted by Crippen LogP contribution is 2.01. The lowest BCUT2D eigenvalue weighted by atomic mass is 10.3. The van der Waals surface area contributed by atoms with Crippen LogP contribution in [0, 0.1) is 4.91 Å². The fourth-order valence-electron chi connectivity index (χ4n) is 1.30. The second-order valence-electron chi connectivity index (χ2n) is 3.02. The molecule has 6 heteroatoms. The van der Waals surface area contributed by atoms with Crippen molar-refractivity contribution in [3.05, 3.63) is 4.91 Å². The summed E-state index contributed by atoms with van der Waals surface area (Å²) < 4.78 is 0. The molecule has 0 bridgehead atoms. The predicted molar refractivity (Wildman–Crippen MR) is 46.1 cm³/mol. The molecule has 0 amide bonds. The molecule has 1 fully saturated rings. The minimum absolute atomic E-state index is 0.161. The number of nitroso groups, excluding NO2 is 1. The van der Waals surface area contributed by atoms with Gasteiger partial charge in [0.15, 0.2) is 0 Å². The first kappa shape index (κ1) is 9.91. The van der Waals surface area contributed by atoms with Gasteiger partial charge in [-0.15, -0.1) is 4.91 Å². The summed E-state index contributed by atoms with van der Waals surface area (Å²) in [6, 6.07) is 0. The summed E-state index contributed by atoms with van der Waals surface area (Å²) in [5.41, 5.74) is 0. The Hall–Kier alpha value is -1.17. The molecule has 0 unspecified atom stereocenters. The van der Waals surface area contributed by atoms with E-state index in [2.05, 4.69) is 5.29 Å². The van der Waals surface area contributed by atoms with Crippen LogP contribution in [0.25, 0.3) is 0 Å². The number of hydrogen-bond donors (Lipinski definition) is 1.